The molecule has 1 aliphatic rings. The van der Waals surface area contributed by atoms with Crippen LogP contribution in [0.4, 0.5) is 5.69 Å². The predicted molar refractivity (Wildman–Crippen MR) is 105 cm³/mol. The fourth-order valence-electron chi connectivity index (χ4n) is 2.55. The van der Waals surface area contributed by atoms with Crippen molar-refractivity contribution in [1.82, 2.24) is 5.32 Å². The van der Waals surface area contributed by atoms with Crippen molar-refractivity contribution in [2.75, 3.05) is 11.1 Å². The first-order valence-electron chi connectivity index (χ1n) is 7.29. The summed E-state index contributed by atoms with van der Waals surface area (Å²) in [6, 6.07) is 12.0. The number of thiocarbonyl (C=S) groups is 1. The summed E-state index contributed by atoms with van der Waals surface area (Å²) in [7, 11) is 0. The Hall–Kier alpha value is -0.940. The molecule has 2 aromatic carbocycles. The van der Waals surface area contributed by atoms with Gasteiger partial charge in [0, 0.05) is 15.7 Å². The number of aryl methyl sites for hydroxylation is 1. The normalized spacial score (nSPS) is 16.6. The Balaban J connectivity index is 1.73. The van der Waals surface area contributed by atoms with Gasteiger partial charge in [-0.15, -0.1) is 11.8 Å². The highest BCUT2D eigenvalue weighted by molar-refractivity contribution is 7.99. The molecular weight excluding hydrogens is 367 g/mol. The van der Waals surface area contributed by atoms with E-state index in [0.717, 1.165) is 28.4 Å². The van der Waals surface area contributed by atoms with Crippen molar-refractivity contribution < 1.29 is 0 Å². The van der Waals surface area contributed by atoms with Gasteiger partial charge >= 0.3 is 0 Å². The van der Waals surface area contributed by atoms with Crippen LogP contribution in [0.1, 0.15) is 23.6 Å². The van der Waals surface area contributed by atoms with Gasteiger partial charge in [0.1, 0.15) is 0 Å². The van der Waals surface area contributed by atoms with Crippen molar-refractivity contribution in [3.05, 3.63) is 57.6 Å². The van der Waals surface area contributed by atoms with Gasteiger partial charge in [-0.25, -0.2) is 0 Å². The molecule has 1 atom stereocenters. The average molecular weight is 383 g/mol. The predicted octanol–water partition coefficient (Wildman–Crippen LogP) is 5.83. The highest BCUT2D eigenvalue weighted by Crippen LogP contribution is 2.37. The maximum atomic E-state index is 6.25. The highest BCUT2D eigenvalue weighted by atomic mass is 35.5. The minimum absolute atomic E-state index is 0.161. The number of benzene rings is 2. The second-order valence-corrected chi connectivity index (χ2v) is 7.84. The van der Waals surface area contributed by atoms with E-state index in [1.807, 2.05) is 49.0 Å². The Kier molecular flexibility index (Phi) is 5.37. The summed E-state index contributed by atoms with van der Waals surface area (Å²) in [5, 5.41) is 8.54. The van der Waals surface area contributed by atoms with Crippen LogP contribution in [0.25, 0.3) is 0 Å². The molecule has 0 bridgehead atoms. The Labute approximate surface area is 155 Å². The number of nitrogens with one attached hydrogen (secondary N) is 2. The second-order valence-electron chi connectivity index (χ2n) is 5.45. The van der Waals surface area contributed by atoms with Crippen LogP contribution in [0.2, 0.25) is 10.0 Å². The number of fused-ring (bicyclic) bond motifs is 1. The molecule has 2 aromatic rings. The zero-order valence-electron chi connectivity index (χ0n) is 12.5. The van der Waals surface area contributed by atoms with Gasteiger partial charge in [-0.1, -0.05) is 29.3 Å². The molecule has 6 heteroatoms. The summed E-state index contributed by atoms with van der Waals surface area (Å²) in [6.07, 6.45) is 1.00. The molecule has 0 aromatic heterocycles. The second kappa shape index (κ2) is 7.31. The maximum Gasteiger partial charge on any atom is 0.171 e. The molecule has 2 N–H and O–H groups in total. The fourth-order valence-corrected chi connectivity index (χ4v) is 4.37. The summed E-state index contributed by atoms with van der Waals surface area (Å²) >= 11 is 19.7. The van der Waals surface area contributed by atoms with Gasteiger partial charge in [0.2, 0.25) is 0 Å². The molecule has 3 rings (SSSR count). The minimum atomic E-state index is 0.161. The topological polar surface area (TPSA) is 24.1 Å². The Morgan fingerprint density at radius 3 is 2.83 bits per heavy atom. The first kappa shape index (κ1) is 16.9. The Morgan fingerprint density at radius 2 is 2.04 bits per heavy atom. The first-order chi connectivity index (χ1) is 11.0. The summed E-state index contributed by atoms with van der Waals surface area (Å²) in [6.45, 7) is 2.01. The third-order valence-corrected chi connectivity index (χ3v) is 5.58. The minimum Gasteiger partial charge on any atom is -0.356 e. The Morgan fingerprint density at radius 1 is 1.22 bits per heavy atom. The zero-order chi connectivity index (χ0) is 16.4. The van der Waals surface area contributed by atoms with Gasteiger partial charge < -0.3 is 10.6 Å². The molecule has 0 amide bonds. The van der Waals surface area contributed by atoms with E-state index < -0.39 is 0 Å². The summed E-state index contributed by atoms with van der Waals surface area (Å²) in [4.78, 5) is 1.26. The van der Waals surface area contributed by atoms with Gasteiger partial charge in [-0.05, 0) is 67.0 Å². The third-order valence-electron chi connectivity index (χ3n) is 3.69. The molecule has 0 radical (unpaired) electrons. The van der Waals surface area contributed by atoms with E-state index in [4.69, 9.17) is 35.4 Å². The molecule has 0 saturated carbocycles. The summed E-state index contributed by atoms with van der Waals surface area (Å²) in [5.41, 5.74) is 3.13. The van der Waals surface area contributed by atoms with E-state index in [1.165, 1.54) is 10.5 Å². The Bertz CT molecular complexity index is 749. The molecule has 0 spiro atoms. The standard InChI is InChI=1S/C17H16Cl2N2S2/c1-10-2-4-15(13(19)8-10)21-17(22)20-14-6-7-23-16-5-3-11(18)9-12(14)16/h2-5,8-9,14H,6-7H2,1H3,(H2,20,21,22)/t14-/m0/s1. The van der Waals surface area contributed by atoms with Gasteiger partial charge in [0.15, 0.2) is 5.11 Å². The van der Waals surface area contributed by atoms with Crippen LogP contribution < -0.4 is 10.6 Å². The quantitative estimate of drug-likeness (QED) is 0.638. The van der Waals surface area contributed by atoms with Crippen molar-refractivity contribution >= 4 is 58.0 Å². The monoisotopic (exact) mass is 382 g/mol. The van der Waals surface area contributed by atoms with Gasteiger partial charge in [0.25, 0.3) is 0 Å². The van der Waals surface area contributed by atoms with E-state index in [9.17, 15) is 0 Å². The number of anilines is 1. The van der Waals surface area contributed by atoms with Crippen LogP contribution >= 0.6 is 47.2 Å². The summed E-state index contributed by atoms with van der Waals surface area (Å²) < 4.78 is 0. The van der Waals surface area contributed by atoms with E-state index in [-0.39, 0.29) is 6.04 Å². The number of halogens is 2. The lowest BCUT2D eigenvalue weighted by Crippen LogP contribution is -2.34. The van der Waals surface area contributed by atoms with Crippen LogP contribution in [-0.2, 0) is 0 Å². The summed E-state index contributed by atoms with van der Waals surface area (Å²) in [5.74, 6) is 1.06. The average Bonchev–Trinajstić information content (AvgIpc) is 2.51. The van der Waals surface area contributed by atoms with Gasteiger partial charge in [-0.3, -0.25) is 0 Å². The van der Waals surface area contributed by atoms with E-state index in [1.54, 1.807) is 0 Å². The molecule has 0 aliphatic carbocycles. The number of rotatable bonds is 2. The molecule has 2 nitrogen and oxygen atoms in total. The maximum absolute atomic E-state index is 6.25. The lowest BCUT2D eigenvalue weighted by molar-refractivity contribution is 0.614. The number of hydrogen-bond donors (Lipinski definition) is 2. The molecule has 0 saturated heterocycles. The molecule has 0 fully saturated rings. The van der Waals surface area contributed by atoms with E-state index in [0.29, 0.717) is 10.1 Å². The fraction of sp³-hybridized carbons (Fsp3) is 0.235. The van der Waals surface area contributed by atoms with Crippen LogP contribution in [0.3, 0.4) is 0 Å². The lowest BCUT2D eigenvalue weighted by atomic mass is 10.0. The highest BCUT2D eigenvalue weighted by Gasteiger charge is 2.21. The molecule has 120 valence electrons. The lowest BCUT2D eigenvalue weighted by Gasteiger charge is -2.27. The van der Waals surface area contributed by atoms with Crippen LogP contribution in [-0.4, -0.2) is 10.9 Å². The molecule has 1 heterocycles. The van der Waals surface area contributed by atoms with Crippen molar-refractivity contribution in [2.24, 2.45) is 0 Å². The van der Waals surface area contributed by atoms with Crippen LogP contribution in [0.5, 0.6) is 0 Å². The first-order valence-corrected chi connectivity index (χ1v) is 9.44. The SMILES string of the molecule is Cc1ccc(NC(=S)N[C@H]2CCSc3ccc(Cl)cc32)c(Cl)c1. The molecular formula is C17H16Cl2N2S2. The number of thioether (sulfide) groups is 1. The zero-order valence-corrected chi connectivity index (χ0v) is 15.7. The molecule has 23 heavy (non-hydrogen) atoms. The van der Waals surface area contributed by atoms with E-state index >= 15 is 0 Å². The smallest absolute Gasteiger partial charge is 0.171 e. The van der Waals surface area contributed by atoms with Crippen LogP contribution in [0, 0.1) is 6.92 Å². The van der Waals surface area contributed by atoms with Crippen molar-refractivity contribution in [2.45, 2.75) is 24.3 Å². The largest absolute Gasteiger partial charge is 0.356 e. The van der Waals surface area contributed by atoms with Gasteiger partial charge in [-0.2, -0.15) is 0 Å². The number of hydrogen-bond acceptors (Lipinski definition) is 2. The molecule has 0 unspecified atom stereocenters. The third kappa shape index (κ3) is 4.13. The van der Waals surface area contributed by atoms with E-state index in [2.05, 4.69) is 16.7 Å². The van der Waals surface area contributed by atoms with Crippen molar-refractivity contribution in [3.8, 4) is 0 Å². The molecule has 1 aliphatic heterocycles. The van der Waals surface area contributed by atoms with Crippen molar-refractivity contribution in [1.29, 1.82) is 0 Å². The van der Waals surface area contributed by atoms with Crippen LogP contribution in [0.15, 0.2) is 41.3 Å². The van der Waals surface area contributed by atoms with Gasteiger partial charge in [0.05, 0.1) is 16.8 Å². The van der Waals surface area contributed by atoms with Crippen molar-refractivity contribution in [3.63, 3.8) is 0 Å².